The Kier molecular flexibility index (Phi) is 3.77. The predicted molar refractivity (Wildman–Crippen MR) is 66.6 cm³/mol. The number of nitriles is 1. The second kappa shape index (κ2) is 5.69. The highest BCUT2D eigenvalue weighted by atomic mass is 16.5. The molecule has 2 rings (SSSR count). The van der Waals surface area contributed by atoms with Crippen LogP contribution in [0.2, 0.25) is 0 Å². The van der Waals surface area contributed by atoms with E-state index in [0.29, 0.717) is 17.3 Å². The highest BCUT2D eigenvalue weighted by molar-refractivity contribution is 5.35. The lowest BCUT2D eigenvalue weighted by molar-refractivity contribution is 0.407. The second-order valence-electron chi connectivity index (χ2n) is 3.58. The van der Waals surface area contributed by atoms with Crippen molar-refractivity contribution in [3.8, 4) is 23.4 Å². The third-order valence-electron chi connectivity index (χ3n) is 2.31. The van der Waals surface area contributed by atoms with E-state index in [4.69, 9.17) is 14.7 Å². The molecule has 0 N–H and O–H groups in total. The van der Waals surface area contributed by atoms with E-state index in [1.165, 1.54) is 0 Å². The zero-order chi connectivity index (χ0) is 12.8. The first kappa shape index (κ1) is 11.9. The van der Waals surface area contributed by atoms with Crippen LogP contribution in [0.5, 0.6) is 17.4 Å². The van der Waals surface area contributed by atoms with Crippen LogP contribution in [0, 0.1) is 11.3 Å². The topological polar surface area (TPSA) is 55.1 Å². The van der Waals surface area contributed by atoms with E-state index in [9.17, 15) is 0 Å². The van der Waals surface area contributed by atoms with Crippen LogP contribution >= 0.6 is 0 Å². The van der Waals surface area contributed by atoms with Crippen LogP contribution in [0.1, 0.15) is 5.69 Å². The third-order valence-corrected chi connectivity index (χ3v) is 2.31. The zero-order valence-electron chi connectivity index (χ0n) is 9.96. The van der Waals surface area contributed by atoms with E-state index in [2.05, 4.69) is 11.1 Å². The summed E-state index contributed by atoms with van der Waals surface area (Å²) >= 11 is 0. The molecule has 0 spiro atoms. The van der Waals surface area contributed by atoms with Gasteiger partial charge in [-0.3, -0.25) is 0 Å². The maximum Gasteiger partial charge on any atom is 0.219 e. The van der Waals surface area contributed by atoms with Crippen molar-refractivity contribution in [1.29, 1.82) is 5.26 Å². The van der Waals surface area contributed by atoms with Crippen molar-refractivity contribution >= 4 is 0 Å². The Morgan fingerprint density at radius 3 is 2.72 bits per heavy atom. The van der Waals surface area contributed by atoms with Crippen LogP contribution in [-0.4, -0.2) is 12.1 Å². The van der Waals surface area contributed by atoms with Crippen molar-refractivity contribution in [2.24, 2.45) is 0 Å². The highest BCUT2D eigenvalue weighted by Gasteiger charge is 2.01. The smallest absolute Gasteiger partial charge is 0.219 e. The average molecular weight is 240 g/mol. The van der Waals surface area contributed by atoms with Crippen molar-refractivity contribution in [2.45, 2.75) is 6.42 Å². The summed E-state index contributed by atoms with van der Waals surface area (Å²) in [5.74, 6) is 1.84. The molecule has 1 aromatic carbocycles. The summed E-state index contributed by atoms with van der Waals surface area (Å²) in [4.78, 5) is 4.23. The number of aromatic nitrogens is 1. The molecule has 0 bridgehead atoms. The van der Waals surface area contributed by atoms with Gasteiger partial charge in [0.05, 0.1) is 25.3 Å². The standard InChI is InChI=1S/C14H12N2O2/c1-17-12-5-3-6-13(10-12)18-14-7-2-4-11(16-14)8-9-15/h2-7,10H,8H2,1H3. The van der Waals surface area contributed by atoms with Crippen molar-refractivity contribution in [2.75, 3.05) is 7.11 Å². The van der Waals surface area contributed by atoms with Gasteiger partial charge in [0.1, 0.15) is 11.5 Å². The molecule has 90 valence electrons. The minimum atomic E-state index is 0.273. The lowest BCUT2D eigenvalue weighted by Crippen LogP contribution is -1.92. The summed E-state index contributed by atoms with van der Waals surface area (Å²) in [7, 11) is 1.60. The quantitative estimate of drug-likeness (QED) is 0.824. The van der Waals surface area contributed by atoms with Crippen molar-refractivity contribution in [3.05, 3.63) is 48.2 Å². The molecule has 0 fully saturated rings. The fourth-order valence-electron chi connectivity index (χ4n) is 1.48. The molecular weight excluding hydrogens is 228 g/mol. The SMILES string of the molecule is COc1cccc(Oc2cccc(CC#N)n2)c1. The molecule has 4 heteroatoms. The first-order valence-corrected chi connectivity index (χ1v) is 5.46. The Bertz CT molecular complexity index is 576. The van der Waals surface area contributed by atoms with Crippen molar-refractivity contribution < 1.29 is 9.47 Å². The first-order valence-electron chi connectivity index (χ1n) is 5.46. The van der Waals surface area contributed by atoms with Crippen LogP contribution < -0.4 is 9.47 Å². The number of hydrogen-bond acceptors (Lipinski definition) is 4. The van der Waals surface area contributed by atoms with E-state index in [1.54, 1.807) is 25.3 Å². The fraction of sp³-hybridized carbons (Fsp3) is 0.143. The lowest BCUT2D eigenvalue weighted by Gasteiger charge is -2.06. The normalized spacial score (nSPS) is 9.56. The molecule has 18 heavy (non-hydrogen) atoms. The van der Waals surface area contributed by atoms with Gasteiger partial charge in [-0.25, -0.2) is 4.98 Å². The third kappa shape index (κ3) is 2.98. The Morgan fingerprint density at radius 1 is 1.17 bits per heavy atom. The fourth-order valence-corrected chi connectivity index (χ4v) is 1.48. The van der Waals surface area contributed by atoms with Gasteiger partial charge in [0.15, 0.2) is 0 Å². The van der Waals surface area contributed by atoms with E-state index in [1.807, 2.05) is 24.3 Å². The lowest BCUT2D eigenvalue weighted by atomic mass is 10.3. The number of methoxy groups -OCH3 is 1. The molecule has 1 aromatic heterocycles. The number of nitrogens with zero attached hydrogens (tertiary/aromatic N) is 2. The summed E-state index contributed by atoms with van der Waals surface area (Å²) in [5, 5.41) is 8.62. The van der Waals surface area contributed by atoms with Gasteiger partial charge >= 0.3 is 0 Å². The van der Waals surface area contributed by atoms with E-state index < -0.39 is 0 Å². The van der Waals surface area contributed by atoms with Gasteiger partial charge in [0.25, 0.3) is 0 Å². The molecule has 0 aliphatic heterocycles. The molecule has 0 saturated heterocycles. The van der Waals surface area contributed by atoms with Crippen LogP contribution in [0.3, 0.4) is 0 Å². The maximum atomic E-state index is 8.62. The first-order chi connectivity index (χ1) is 8.81. The largest absolute Gasteiger partial charge is 0.497 e. The summed E-state index contributed by atoms with van der Waals surface area (Å²) < 4.78 is 10.7. The average Bonchev–Trinajstić information content (AvgIpc) is 2.40. The highest BCUT2D eigenvalue weighted by Crippen LogP contribution is 2.23. The van der Waals surface area contributed by atoms with Gasteiger partial charge in [-0.2, -0.15) is 5.26 Å². The van der Waals surface area contributed by atoms with Gasteiger partial charge in [0, 0.05) is 12.1 Å². The minimum absolute atomic E-state index is 0.273. The van der Waals surface area contributed by atoms with E-state index >= 15 is 0 Å². The number of rotatable bonds is 4. The zero-order valence-corrected chi connectivity index (χ0v) is 9.96. The van der Waals surface area contributed by atoms with Crippen LogP contribution in [-0.2, 0) is 6.42 Å². The van der Waals surface area contributed by atoms with Crippen LogP contribution in [0.4, 0.5) is 0 Å². The Morgan fingerprint density at radius 2 is 1.94 bits per heavy atom. The Hall–Kier alpha value is -2.54. The summed E-state index contributed by atoms with van der Waals surface area (Å²) in [5.41, 5.74) is 0.692. The van der Waals surface area contributed by atoms with Crippen molar-refractivity contribution in [1.82, 2.24) is 4.98 Å². The Balaban J connectivity index is 2.17. The maximum absolute atomic E-state index is 8.62. The van der Waals surface area contributed by atoms with Gasteiger partial charge in [-0.1, -0.05) is 12.1 Å². The molecule has 0 radical (unpaired) electrons. The molecule has 1 heterocycles. The summed E-state index contributed by atoms with van der Waals surface area (Å²) in [6.45, 7) is 0. The molecule has 0 saturated carbocycles. The molecule has 0 atom stereocenters. The molecule has 0 aliphatic rings. The van der Waals surface area contributed by atoms with Gasteiger partial charge in [0.2, 0.25) is 5.88 Å². The Labute approximate surface area is 105 Å². The number of pyridine rings is 1. The molecule has 0 aliphatic carbocycles. The summed E-state index contributed by atoms with van der Waals surface area (Å²) in [6.07, 6.45) is 0.273. The molecule has 0 unspecified atom stereocenters. The van der Waals surface area contributed by atoms with Gasteiger partial charge < -0.3 is 9.47 Å². The molecule has 4 nitrogen and oxygen atoms in total. The summed E-state index contributed by atoms with van der Waals surface area (Å²) in [6, 6.07) is 14.7. The predicted octanol–water partition coefficient (Wildman–Crippen LogP) is 2.95. The number of ether oxygens (including phenoxy) is 2. The van der Waals surface area contributed by atoms with E-state index in [-0.39, 0.29) is 6.42 Å². The molecule has 0 amide bonds. The van der Waals surface area contributed by atoms with Crippen LogP contribution in [0.15, 0.2) is 42.5 Å². The minimum Gasteiger partial charge on any atom is -0.497 e. The number of hydrogen-bond donors (Lipinski definition) is 0. The van der Waals surface area contributed by atoms with Crippen molar-refractivity contribution in [3.63, 3.8) is 0 Å². The second-order valence-corrected chi connectivity index (χ2v) is 3.58. The monoisotopic (exact) mass is 240 g/mol. The number of benzene rings is 1. The van der Waals surface area contributed by atoms with Gasteiger partial charge in [-0.15, -0.1) is 0 Å². The molecular formula is C14H12N2O2. The van der Waals surface area contributed by atoms with E-state index in [0.717, 1.165) is 5.75 Å². The van der Waals surface area contributed by atoms with Crippen LogP contribution in [0.25, 0.3) is 0 Å². The van der Waals surface area contributed by atoms with Gasteiger partial charge in [-0.05, 0) is 18.2 Å². The molecule has 2 aromatic rings.